The van der Waals surface area contributed by atoms with E-state index in [1.165, 1.54) is 4.57 Å². The lowest BCUT2D eigenvalue weighted by atomic mass is 10.1. The van der Waals surface area contributed by atoms with Crippen molar-refractivity contribution in [1.82, 2.24) is 24.4 Å². The predicted molar refractivity (Wildman–Crippen MR) is 118 cm³/mol. The molecule has 1 aliphatic rings. The Labute approximate surface area is 188 Å². The summed E-state index contributed by atoms with van der Waals surface area (Å²) in [5.74, 6) is 0.911. The topological polar surface area (TPSA) is 62.1 Å². The average Bonchev–Trinajstić information content (AvgIpc) is 3.16. The highest BCUT2D eigenvalue weighted by Crippen LogP contribution is 2.31. The van der Waals surface area contributed by atoms with Gasteiger partial charge in [-0.2, -0.15) is 18.2 Å². The third-order valence-corrected chi connectivity index (χ3v) is 5.61. The van der Waals surface area contributed by atoms with Crippen LogP contribution in [0.15, 0.2) is 36.7 Å². The van der Waals surface area contributed by atoms with Gasteiger partial charge in [0.1, 0.15) is 5.82 Å². The lowest BCUT2D eigenvalue weighted by Gasteiger charge is -2.34. The summed E-state index contributed by atoms with van der Waals surface area (Å²) in [4.78, 5) is 16.7. The molecule has 3 aromatic rings. The zero-order chi connectivity index (χ0) is 22.9. The van der Waals surface area contributed by atoms with Crippen LogP contribution in [0.1, 0.15) is 11.3 Å². The van der Waals surface area contributed by atoms with E-state index in [9.17, 15) is 13.2 Å². The maximum Gasteiger partial charge on any atom is 0.434 e. The van der Waals surface area contributed by atoms with Crippen molar-refractivity contribution in [3.63, 3.8) is 0 Å². The van der Waals surface area contributed by atoms with E-state index in [2.05, 4.69) is 37.1 Å². The van der Waals surface area contributed by atoms with E-state index in [-0.39, 0.29) is 11.1 Å². The first kappa shape index (κ1) is 22.3. The van der Waals surface area contributed by atoms with E-state index in [1.807, 2.05) is 12.1 Å². The molecule has 11 heteroatoms. The van der Waals surface area contributed by atoms with E-state index in [0.717, 1.165) is 43.6 Å². The molecule has 4 rings (SSSR count). The first-order valence-corrected chi connectivity index (χ1v) is 10.5. The molecule has 0 spiro atoms. The minimum atomic E-state index is -4.47. The minimum Gasteiger partial charge on any atom is -0.365 e. The van der Waals surface area contributed by atoms with Crippen molar-refractivity contribution in [3.05, 3.63) is 53.2 Å². The second-order valence-electron chi connectivity index (χ2n) is 7.77. The fourth-order valence-electron chi connectivity index (χ4n) is 3.59. The van der Waals surface area contributed by atoms with E-state index < -0.39 is 11.9 Å². The Hall–Kier alpha value is -2.85. The molecule has 1 N–H and O–H groups in total. The van der Waals surface area contributed by atoms with Gasteiger partial charge in [-0.1, -0.05) is 24.3 Å². The van der Waals surface area contributed by atoms with Gasteiger partial charge in [-0.05, 0) is 24.2 Å². The van der Waals surface area contributed by atoms with Crippen LogP contribution in [0.4, 0.5) is 24.7 Å². The molecule has 0 radical (unpaired) electrons. The summed E-state index contributed by atoms with van der Waals surface area (Å²) >= 11 is 6.02. The van der Waals surface area contributed by atoms with E-state index >= 15 is 0 Å². The number of nitrogens with one attached hydrogen (secondary N) is 1. The number of hydrogen-bond acceptors (Lipinski definition) is 6. The minimum absolute atomic E-state index is 0.163. The maximum absolute atomic E-state index is 12.9. The Morgan fingerprint density at radius 3 is 2.34 bits per heavy atom. The molecule has 1 saturated heterocycles. The van der Waals surface area contributed by atoms with Crippen LogP contribution in [0.3, 0.4) is 0 Å². The number of likely N-dealkylation sites (N-methyl/N-ethyl adjacent to an activating group) is 1. The summed E-state index contributed by atoms with van der Waals surface area (Å²) in [6.07, 6.45) is -1.75. The number of piperazine rings is 1. The van der Waals surface area contributed by atoms with Crippen LogP contribution >= 0.6 is 11.6 Å². The Morgan fingerprint density at radius 1 is 1.03 bits per heavy atom. The van der Waals surface area contributed by atoms with Crippen LogP contribution in [0.25, 0.3) is 11.4 Å². The summed E-state index contributed by atoms with van der Waals surface area (Å²) in [5.41, 5.74) is 1.54. The second kappa shape index (κ2) is 8.95. The number of hydrogen-bond donors (Lipinski definition) is 1. The van der Waals surface area contributed by atoms with E-state index in [1.54, 1.807) is 25.4 Å². The average molecular weight is 466 g/mol. The normalized spacial score (nSPS) is 15.2. The molecule has 170 valence electrons. The van der Waals surface area contributed by atoms with Gasteiger partial charge in [-0.15, -0.1) is 0 Å². The number of imidazole rings is 1. The van der Waals surface area contributed by atoms with Crippen LogP contribution < -0.4 is 10.2 Å². The first-order chi connectivity index (χ1) is 15.2. The Kier molecular flexibility index (Phi) is 6.25. The summed E-state index contributed by atoms with van der Waals surface area (Å²) in [6.45, 7) is 4.12. The van der Waals surface area contributed by atoms with Gasteiger partial charge < -0.3 is 19.7 Å². The molecule has 0 saturated carbocycles. The molecule has 7 nitrogen and oxygen atoms in total. The van der Waals surface area contributed by atoms with Gasteiger partial charge in [0.15, 0.2) is 11.5 Å². The molecule has 0 aliphatic carbocycles. The molecule has 0 bridgehead atoms. The molecule has 0 unspecified atom stereocenters. The van der Waals surface area contributed by atoms with Gasteiger partial charge in [0.2, 0.25) is 5.28 Å². The molecule has 1 aliphatic heterocycles. The summed E-state index contributed by atoms with van der Waals surface area (Å²) in [5, 5.41) is 3.48. The number of benzene rings is 1. The fourth-order valence-corrected chi connectivity index (χ4v) is 3.72. The van der Waals surface area contributed by atoms with Gasteiger partial charge in [0.25, 0.3) is 0 Å². The number of aryl methyl sites for hydroxylation is 1. The number of alkyl halides is 3. The van der Waals surface area contributed by atoms with Crippen molar-refractivity contribution in [1.29, 1.82) is 0 Å². The van der Waals surface area contributed by atoms with Crippen LogP contribution in [0.5, 0.6) is 0 Å². The van der Waals surface area contributed by atoms with Gasteiger partial charge >= 0.3 is 6.18 Å². The highest BCUT2D eigenvalue weighted by molar-refractivity contribution is 6.28. The van der Waals surface area contributed by atoms with Crippen molar-refractivity contribution in [2.75, 3.05) is 43.4 Å². The lowest BCUT2D eigenvalue weighted by Crippen LogP contribution is -2.44. The van der Waals surface area contributed by atoms with Crippen LogP contribution in [0.2, 0.25) is 5.28 Å². The molecule has 2 aromatic heterocycles. The fraction of sp³-hybridized carbons (Fsp3) is 0.381. The summed E-state index contributed by atoms with van der Waals surface area (Å²) < 4.78 is 40.2. The number of halogens is 4. The van der Waals surface area contributed by atoms with Crippen LogP contribution in [-0.4, -0.2) is 57.6 Å². The van der Waals surface area contributed by atoms with Crippen molar-refractivity contribution in [2.24, 2.45) is 7.05 Å². The highest BCUT2D eigenvalue weighted by atomic mass is 35.5. The van der Waals surface area contributed by atoms with Crippen molar-refractivity contribution in [3.8, 4) is 11.4 Å². The third kappa shape index (κ3) is 4.97. The molecule has 0 atom stereocenters. The molecule has 32 heavy (non-hydrogen) atoms. The van der Waals surface area contributed by atoms with Gasteiger partial charge in [0.05, 0.1) is 11.9 Å². The smallest absolute Gasteiger partial charge is 0.365 e. The Balaban J connectivity index is 1.47. The quantitative estimate of drug-likeness (QED) is 0.576. The number of aromatic nitrogens is 4. The SMILES string of the molecule is CN1CCN(c2cnc(Cl)nc2NCc2ccc(-c3nc(C(F)(F)F)cn3C)cc2)CC1. The largest absolute Gasteiger partial charge is 0.434 e. The van der Waals surface area contributed by atoms with Gasteiger partial charge in [-0.25, -0.2) is 9.97 Å². The van der Waals surface area contributed by atoms with Gasteiger partial charge in [0, 0.05) is 51.5 Å². The summed E-state index contributed by atoms with van der Waals surface area (Å²) in [6, 6.07) is 7.22. The lowest BCUT2D eigenvalue weighted by molar-refractivity contribution is -0.140. The molecule has 1 aromatic carbocycles. The monoisotopic (exact) mass is 465 g/mol. The Morgan fingerprint density at radius 2 is 1.72 bits per heavy atom. The number of anilines is 2. The summed E-state index contributed by atoms with van der Waals surface area (Å²) in [7, 11) is 3.64. The molecular weight excluding hydrogens is 443 g/mol. The Bertz CT molecular complexity index is 1070. The zero-order valence-corrected chi connectivity index (χ0v) is 18.5. The van der Waals surface area contributed by atoms with Crippen molar-refractivity contribution in [2.45, 2.75) is 12.7 Å². The first-order valence-electron chi connectivity index (χ1n) is 10.1. The van der Waals surface area contributed by atoms with Crippen LogP contribution in [-0.2, 0) is 19.8 Å². The van der Waals surface area contributed by atoms with Gasteiger partial charge in [-0.3, -0.25) is 0 Å². The third-order valence-electron chi connectivity index (χ3n) is 5.42. The van der Waals surface area contributed by atoms with E-state index in [0.29, 0.717) is 17.9 Å². The maximum atomic E-state index is 12.9. The predicted octanol–water partition coefficient (Wildman–Crippen LogP) is 3.91. The second-order valence-corrected chi connectivity index (χ2v) is 8.11. The van der Waals surface area contributed by atoms with Crippen molar-refractivity contribution < 1.29 is 13.2 Å². The number of nitrogens with zero attached hydrogens (tertiary/aromatic N) is 6. The highest BCUT2D eigenvalue weighted by Gasteiger charge is 2.34. The molecule has 0 amide bonds. The van der Waals surface area contributed by atoms with E-state index in [4.69, 9.17) is 11.6 Å². The standard InChI is InChI=1S/C21H23ClF3N7/c1-30-7-9-32(10-8-30)16-12-27-20(22)29-18(16)26-11-14-3-5-15(6-4-14)19-28-17(13-31(19)2)21(23,24)25/h3-6,12-13H,7-11H2,1-2H3,(H,26,27,29). The van der Waals surface area contributed by atoms with Crippen LogP contribution in [0, 0.1) is 0 Å². The molecule has 1 fully saturated rings. The number of rotatable bonds is 5. The molecular formula is C21H23ClF3N7. The zero-order valence-electron chi connectivity index (χ0n) is 17.7. The van der Waals surface area contributed by atoms with Crippen molar-refractivity contribution >= 4 is 23.1 Å². The molecule has 3 heterocycles.